The van der Waals surface area contributed by atoms with Gasteiger partial charge in [0.1, 0.15) is 0 Å². The van der Waals surface area contributed by atoms with E-state index in [1.165, 1.54) is 11.1 Å². The molecule has 2 aromatic rings. The molecule has 0 aliphatic heterocycles. The molecule has 142 valence electrons. The quantitative estimate of drug-likeness (QED) is 0.368. The van der Waals surface area contributed by atoms with Crippen molar-refractivity contribution < 1.29 is 9.47 Å². The van der Waals surface area contributed by atoms with Gasteiger partial charge in [0.25, 0.3) is 0 Å². The molecule has 2 N–H and O–H groups in total. The van der Waals surface area contributed by atoms with Gasteiger partial charge in [0.2, 0.25) is 0 Å². The zero-order chi connectivity index (χ0) is 18.1. The van der Waals surface area contributed by atoms with Crippen LogP contribution < -0.4 is 20.1 Å². The first kappa shape index (κ1) is 22.0. The number of benzene rings is 1. The number of ether oxygens (including phenoxy) is 2. The number of guanidine groups is 1. The minimum atomic E-state index is 0. The first-order valence-corrected chi connectivity index (χ1v) is 8.36. The summed E-state index contributed by atoms with van der Waals surface area (Å²) in [5.74, 6) is 2.12. The third-order valence-corrected chi connectivity index (χ3v) is 3.77. The van der Waals surface area contributed by atoms with Gasteiger partial charge in [0.05, 0.1) is 13.7 Å². The van der Waals surface area contributed by atoms with Gasteiger partial charge in [-0.25, -0.2) is 0 Å². The normalized spacial score (nSPS) is 10.7. The van der Waals surface area contributed by atoms with Crippen LogP contribution in [0, 0.1) is 6.92 Å². The predicted octanol–water partition coefficient (Wildman–Crippen LogP) is 3.65. The Hall–Kier alpha value is -2.03. The molecule has 26 heavy (non-hydrogen) atoms. The van der Waals surface area contributed by atoms with Crippen molar-refractivity contribution in [2.45, 2.75) is 20.3 Å². The van der Waals surface area contributed by atoms with Crippen molar-refractivity contribution in [1.82, 2.24) is 10.3 Å². The Bertz CT molecular complexity index is 722. The van der Waals surface area contributed by atoms with E-state index >= 15 is 0 Å². The molecule has 2 rings (SSSR count). The lowest BCUT2D eigenvalue weighted by Crippen LogP contribution is -2.32. The molecule has 0 bridgehead atoms. The standard InChI is InChI=1S/C19H26N4O2.HI/c1-5-25-17-7-6-16(12-18(17)24-4)23-19(20-3)22-11-9-15-8-10-21-13-14(15)2;/h6-8,10,12-13H,5,9,11H2,1-4H3,(H2,20,22,23);1H. The highest BCUT2D eigenvalue weighted by Crippen LogP contribution is 2.30. The van der Waals surface area contributed by atoms with E-state index < -0.39 is 0 Å². The largest absolute Gasteiger partial charge is 0.493 e. The van der Waals surface area contributed by atoms with E-state index in [1.54, 1.807) is 14.2 Å². The van der Waals surface area contributed by atoms with Crippen molar-refractivity contribution in [2.24, 2.45) is 4.99 Å². The molecular formula is C19H27IN4O2. The number of nitrogens with zero attached hydrogens (tertiary/aromatic N) is 2. The lowest BCUT2D eigenvalue weighted by molar-refractivity contribution is 0.311. The van der Waals surface area contributed by atoms with Crippen LogP contribution >= 0.6 is 24.0 Å². The van der Waals surface area contributed by atoms with E-state index in [2.05, 4.69) is 27.5 Å². The number of halogens is 1. The van der Waals surface area contributed by atoms with Crippen LogP contribution in [0.5, 0.6) is 11.5 Å². The third-order valence-electron chi connectivity index (χ3n) is 3.77. The average Bonchev–Trinajstić information content (AvgIpc) is 2.63. The molecule has 0 spiro atoms. The number of aryl methyl sites for hydroxylation is 1. The van der Waals surface area contributed by atoms with Crippen molar-refractivity contribution in [3.63, 3.8) is 0 Å². The summed E-state index contributed by atoms with van der Waals surface area (Å²) in [6.07, 6.45) is 4.61. The highest BCUT2D eigenvalue weighted by Gasteiger charge is 2.07. The summed E-state index contributed by atoms with van der Waals surface area (Å²) in [4.78, 5) is 8.38. The molecule has 0 unspecified atom stereocenters. The van der Waals surface area contributed by atoms with E-state index in [0.717, 1.165) is 24.4 Å². The van der Waals surface area contributed by atoms with E-state index in [0.29, 0.717) is 18.3 Å². The SMILES string of the molecule is CCOc1ccc(NC(=NC)NCCc2ccncc2C)cc1OC.I. The number of anilines is 1. The first-order valence-electron chi connectivity index (χ1n) is 8.36. The lowest BCUT2D eigenvalue weighted by Gasteiger charge is -2.15. The number of hydrogen-bond donors (Lipinski definition) is 2. The molecule has 1 heterocycles. The molecule has 0 saturated carbocycles. The van der Waals surface area contributed by atoms with Crippen molar-refractivity contribution in [1.29, 1.82) is 0 Å². The van der Waals surface area contributed by atoms with E-state index in [-0.39, 0.29) is 24.0 Å². The minimum Gasteiger partial charge on any atom is -0.493 e. The van der Waals surface area contributed by atoms with Crippen LogP contribution in [0.1, 0.15) is 18.1 Å². The highest BCUT2D eigenvalue weighted by atomic mass is 127. The smallest absolute Gasteiger partial charge is 0.195 e. The van der Waals surface area contributed by atoms with Gasteiger partial charge < -0.3 is 20.1 Å². The van der Waals surface area contributed by atoms with Crippen LogP contribution in [-0.4, -0.2) is 38.3 Å². The van der Waals surface area contributed by atoms with Crippen molar-refractivity contribution in [3.05, 3.63) is 47.8 Å². The Morgan fingerprint density at radius 1 is 1.23 bits per heavy atom. The second-order valence-electron chi connectivity index (χ2n) is 5.47. The summed E-state index contributed by atoms with van der Waals surface area (Å²) in [5.41, 5.74) is 3.36. The first-order chi connectivity index (χ1) is 12.2. The van der Waals surface area contributed by atoms with Crippen molar-refractivity contribution in [2.75, 3.05) is 32.6 Å². The van der Waals surface area contributed by atoms with E-state index in [4.69, 9.17) is 9.47 Å². The van der Waals surface area contributed by atoms with Gasteiger partial charge in [0.15, 0.2) is 17.5 Å². The average molecular weight is 470 g/mol. The zero-order valence-electron chi connectivity index (χ0n) is 15.7. The number of methoxy groups -OCH3 is 1. The molecule has 0 radical (unpaired) electrons. The number of nitrogens with one attached hydrogen (secondary N) is 2. The highest BCUT2D eigenvalue weighted by molar-refractivity contribution is 14.0. The fourth-order valence-corrected chi connectivity index (χ4v) is 2.43. The van der Waals surface area contributed by atoms with Crippen LogP contribution in [0.2, 0.25) is 0 Å². The molecule has 0 fully saturated rings. The van der Waals surface area contributed by atoms with Gasteiger partial charge in [-0.2, -0.15) is 0 Å². The number of hydrogen-bond acceptors (Lipinski definition) is 4. The van der Waals surface area contributed by atoms with E-state index in [9.17, 15) is 0 Å². The summed E-state index contributed by atoms with van der Waals surface area (Å²) < 4.78 is 10.9. The molecule has 0 aliphatic carbocycles. The maximum Gasteiger partial charge on any atom is 0.195 e. The number of aliphatic imine (C=N–C) groups is 1. The third kappa shape index (κ3) is 6.36. The van der Waals surface area contributed by atoms with Crippen LogP contribution in [0.4, 0.5) is 5.69 Å². The second-order valence-corrected chi connectivity index (χ2v) is 5.47. The topological polar surface area (TPSA) is 67.8 Å². The van der Waals surface area contributed by atoms with Crippen LogP contribution in [-0.2, 0) is 6.42 Å². The Kier molecular flexibility index (Phi) is 9.79. The summed E-state index contributed by atoms with van der Waals surface area (Å²) in [6.45, 7) is 5.39. The molecule has 1 aromatic heterocycles. The van der Waals surface area contributed by atoms with Crippen LogP contribution in [0.15, 0.2) is 41.7 Å². The summed E-state index contributed by atoms with van der Waals surface area (Å²) >= 11 is 0. The molecule has 0 saturated heterocycles. The van der Waals surface area contributed by atoms with Crippen LogP contribution in [0.25, 0.3) is 0 Å². The molecule has 7 heteroatoms. The number of pyridine rings is 1. The summed E-state index contributed by atoms with van der Waals surface area (Å²) in [6, 6.07) is 7.76. The summed E-state index contributed by atoms with van der Waals surface area (Å²) in [7, 11) is 3.38. The van der Waals surface area contributed by atoms with Gasteiger partial charge >= 0.3 is 0 Å². The molecule has 0 atom stereocenters. The Balaban J connectivity index is 0.00000338. The molecule has 1 aromatic carbocycles. The maximum absolute atomic E-state index is 5.54. The molecule has 0 amide bonds. The van der Waals surface area contributed by atoms with Gasteiger partial charge in [-0.05, 0) is 49.6 Å². The van der Waals surface area contributed by atoms with Gasteiger partial charge in [0, 0.05) is 37.7 Å². The number of aromatic nitrogens is 1. The fourth-order valence-electron chi connectivity index (χ4n) is 2.43. The monoisotopic (exact) mass is 470 g/mol. The predicted molar refractivity (Wildman–Crippen MR) is 117 cm³/mol. The zero-order valence-corrected chi connectivity index (χ0v) is 18.0. The van der Waals surface area contributed by atoms with Crippen LogP contribution in [0.3, 0.4) is 0 Å². The second kappa shape index (κ2) is 11.6. The lowest BCUT2D eigenvalue weighted by atomic mass is 10.1. The number of rotatable bonds is 7. The molecule has 6 nitrogen and oxygen atoms in total. The van der Waals surface area contributed by atoms with Crippen molar-refractivity contribution >= 4 is 35.6 Å². The van der Waals surface area contributed by atoms with Gasteiger partial charge in [-0.1, -0.05) is 0 Å². The van der Waals surface area contributed by atoms with Gasteiger partial charge in [-0.3, -0.25) is 9.98 Å². The molecular weight excluding hydrogens is 443 g/mol. The minimum absolute atomic E-state index is 0. The van der Waals surface area contributed by atoms with Crippen molar-refractivity contribution in [3.8, 4) is 11.5 Å². The maximum atomic E-state index is 5.54. The summed E-state index contributed by atoms with van der Waals surface area (Å²) in [5, 5.41) is 6.58. The Morgan fingerprint density at radius 2 is 2.04 bits per heavy atom. The Labute approximate surface area is 172 Å². The molecule has 0 aliphatic rings. The van der Waals surface area contributed by atoms with Gasteiger partial charge in [-0.15, -0.1) is 24.0 Å². The van der Waals surface area contributed by atoms with E-state index in [1.807, 2.05) is 43.6 Å². The Morgan fingerprint density at radius 3 is 2.69 bits per heavy atom. The fraction of sp³-hybridized carbons (Fsp3) is 0.368.